The highest BCUT2D eigenvalue weighted by Crippen LogP contribution is 2.61. The zero-order valence-electron chi connectivity index (χ0n) is 17.3. The van der Waals surface area contributed by atoms with E-state index in [-0.39, 0.29) is 36.0 Å². The Kier molecular flexibility index (Phi) is 5.26. The number of benzene rings is 1. The van der Waals surface area contributed by atoms with Gasteiger partial charge in [0.15, 0.2) is 0 Å². The summed E-state index contributed by atoms with van der Waals surface area (Å²) in [5.41, 5.74) is 0.342. The molecule has 4 atom stereocenters. The molecule has 160 valence electrons. The van der Waals surface area contributed by atoms with Gasteiger partial charge in [0.25, 0.3) is 0 Å². The maximum absolute atomic E-state index is 14.0. The van der Waals surface area contributed by atoms with E-state index in [1.54, 1.807) is 0 Å². The summed E-state index contributed by atoms with van der Waals surface area (Å²) < 4.78 is 46.6. The lowest BCUT2D eigenvalue weighted by atomic mass is 9.45. The molecule has 1 aromatic carbocycles. The molecule has 0 radical (unpaired) electrons. The third-order valence-electron chi connectivity index (χ3n) is 7.79. The number of rotatable bonds is 4. The summed E-state index contributed by atoms with van der Waals surface area (Å²) in [6, 6.07) is 5.40. The zero-order chi connectivity index (χ0) is 21.0. The van der Waals surface area contributed by atoms with E-state index in [4.69, 9.17) is 4.74 Å². The molecule has 2 bridgehead atoms. The predicted molar refractivity (Wildman–Crippen MR) is 107 cm³/mol. The molecule has 1 aliphatic heterocycles. The second-order valence-corrected chi connectivity index (χ2v) is 11.4. The van der Waals surface area contributed by atoms with Gasteiger partial charge in [-0.3, -0.25) is 4.79 Å². The Morgan fingerprint density at radius 1 is 1.17 bits per heavy atom. The largest absolute Gasteiger partial charge is 0.462 e. The van der Waals surface area contributed by atoms with Gasteiger partial charge in [0, 0.05) is 13.1 Å². The maximum atomic E-state index is 14.0. The van der Waals surface area contributed by atoms with Gasteiger partial charge in [-0.05, 0) is 61.0 Å². The van der Waals surface area contributed by atoms with Crippen LogP contribution in [0.2, 0.25) is 0 Å². The molecule has 0 aromatic heterocycles. The van der Waals surface area contributed by atoms with Crippen LogP contribution in [0.1, 0.15) is 46.5 Å². The van der Waals surface area contributed by atoms with E-state index < -0.39 is 15.8 Å². The Bertz CT molecular complexity index is 892. The van der Waals surface area contributed by atoms with Crippen LogP contribution in [0.5, 0.6) is 0 Å². The van der Waals surface area contributed by atoms with Gasteiger partial charge in [-0.15, -0.1) is 0 Å². The number of carbonyl (C=O) groups is 1. The Labute approximate surface area is 172 Å². The van der Waals surface area contributed by atoms with E-state index in [1.807, 2.05) is 0 Å². The molecule has 0 amide bonds. The summed E-state index contributed by atoms with van der Waals surface area (Å²) in [5.74, 6) is 0.341. The van der Waals surface area contributed by atoms with Crippen LogP contribution < -0.4 is 0 Å². The predicted octanol–water partition coefficient (Wildman–Crippen LogP) is 3.84. The third kappa shape index (κ3) is 3.50. The van der Waals surface area contributed by atoms with Crippen molar-refractivity contribution in [3.8, 4) is 0 Å². The molecule has 5 nitrogen and oxygen atoms in total. The maximum Gasteiger partial charge on any atom is 0.309 e. The van der Waals surface area contributed by atoms with Crippen molar-refractivity contribution in [1.29, 1.82) is 0 Å². The standard InChI is InChI=1S/C22H30FNO4S/c1-14-17-12-16(22(17,2)3)13-19(14)28-21(25)15-8-10-24(11-9-15)29(26,27)20-7-5-4-6-18(20)23/h4-7,14-17,19H,8-13H2,1-3H3/t14-,16+,17+,19-/m0/s1. The van der Waals surface area contributed by atoms with E-state index in [9.17, 15) is 17.6 Å². The van der Waals surface area contributed by atoms with Crippen molar-refractivity contribution in [3.05, 3.63) is 30.1 Å². The van der Waals surface area contributed by atoms with Gasteiger partial charge in [0.1, 0.15) is 16.8 Å². The van der Waals surface area contributed by atoms with Gasteiger partial charge in [0.05, 0.1) is 5.92 Å². The summed E-state index contributed by atoms with van der Waals surface area (Å²) in [6.07, 6.45) is 2.95. The number of fused-ring (bicyclic) bond motifs is 2. The van der Waals surface area contributed by atoms with Crippen molar-refractivity contribution in [2.75, 3.05) is 13.1 Å². The minimum absolute atomic E-state index is 0.0283. The second kappa shape index (κ2) is 7.34. The van der Waals surface area contributed by atoms with Gasteiger partial charge in [0.2, 0.25) is 10.0 Å². The zero-order valence-corrected chi connectivity index (χ0v) is 18.1. The molecular formula is C22H30FNO4S. The fraction of sp³-hybridized carbons (Fsp3) is 0.682. The SMILES string of the molecule is C[C@@H]1[C@@H](OC(=O)C2CCN(S(=O)(=O)c3ccccc3F)CC2)C[C@H]2C[C@H]1C2(C)C. The molecule has 5 rings (SSSR count). The molecule has 1 heterocycles. The number of hydrogen-bond acceptors (Lipinski definition) is 4. The molecule has 0 N–H and O–H groups in total. The summed E-state index contributed by atoms with van der Waals surface area (Å²) >= 11 is 0. The quantitative estimate of drug-likeness (QED) is 0.691. The molecule has 1 aromatic rings. The molecule has 0 unspecified atom stereocenters. The van der Waals surface area contributed by atoms with Crippen LogP contribution >= 0.6 is 0 Å². The lowest BCUT2D eigenvalue weighted by molar-refractivity contribution is -0.190. The number of carbonyl (C=O) groups excluding carboxylic acids is 1. The van der Waals surface area contributed by atoms with Crippen molar-refractivity contribution in [1.82, 2.24) is 4.31 Å². The van der Waals surface area contributed by atoms with Crippen LogP contribution in [0.25, 0.3) is 0 Å². The van der Waals surface area contributed by atoms with E-state index in [1.165, 1.54) is 28.9 Å². The van der Waals surface area contributed by atoms with Crippen molar-refractivity contribution in [2.24, 2.45) is 29.1 Å². The monoisotopic (exact) mass is 423 g/mol. The van der Waals surface area contributed by atoms with Gasteiger partial charge in [-0.25, -0.2) is 12.8 Å². The highest BCUT2D eigenvalue weighted by molar-refractivity contribution is 7.89. The lowest BCUT2D eigenvalue weighted by Crippen LogP contribution is -2.57. The minimum Gasteiger partial charge on any atom is -0.462 e. The summed E-state index contributed by atoms with van der Waals surface area (Å²) in [4.78, 5) is 12.4. The van der Waals surface area contributed by atoms with Crippen LogP contribution in [0, 0.1) is 34.9 Å². The first kappa shape index (κ1) is 20.8. The smallest absolute Gasteiger partial charge is 0.309 e. The van der Waals surface area contributed by atoms with Crippen molar-refractivity contribution in [2.45, 2.75) is 57.5 Å². The molecule has 4 fully saturated rings. The Morgan fingerprint density at radius 3 is 2.41 bits per heavy atom. The first-order valence-electron chi connectivity index (χ1n) is 10.6. The first-order valence-corrected chi connectivity index (χ1v) is 12.0. The van der Waals surface area contributed by atoms with Gasteiger partial charge in [-0.2, -0.15) is 4.31 Å². The van der Waals surface area contributed by atoms with Gasteiger partial charge < -0.3 is 4.74 Å². The van der Waals surface area contributed by atoms with Gasteiger partial charge in [-0.1, -0.05) is 32.9 Å². The number of nitrogens with zero attached hydrogens (tertiary/aromatic N) is 1. The lowest BCUT2D eigenvalue weighted by Gasteiger charge is -2.61. The van der Waals surface area contributed by atoms with Crippen LogP contribution in [0.3, 0.4) is 0 Å². The number of halogens is 1. The van der Waals surface area contributed by atoms with Crippen LogP contribution in [-0.4, -0.2) is 37.9 Å². The van der Waals surface area contributed by atoms with Gasteiger partial charge >= 0.3 is 5.97 Å². The molecule has 4 aliphatic rings. The minimum atomic E-state index is -3.89. The number of piperidine rings is 1. The summed E-state index contributed by atoms with van der Waals surface area (Å²) in [5, 5.41) is 0. The second-order valence-electron chi connectivity index (χ2n) is 9.54. The Morgan fingerprint density at radius 2 is 1.83 bits per heavy atom. The number of ether oxygens (including phenoxy) is 1. The van der Waals surface area contributed by atoms with Crippen LogP contribution in [-0.2, 0) is 19.6 Å². The third-order valence-corrected chi connectivity index (χ3v) is 9.73. The topological polar surface area (TPSA) is 63.7 Å². The molecule has 0 spiro atoms. The van der Waals surface area contributed by atoms with E-state index >= 15 is 0 Å². The van der Waals surface area contributed by atoms with E-state index in [0.717, 1.165) is 12.5 Å². The molecular weight excluding hydrogens is 393 g/mol. The highest BCUT2D eigenvalue weighted by atomic mass is 32.2. The highest BCUT2D eigenvalue weighted by Gasteiger charge is 2.57. The van der Waals surface area contributed by atoms with Crippen molar-refractivity contribution < 1.29 is 22.3 Å². The Hall–Kier alpha value is -1.47. The number of sulfonamides is 1. The normalized spacial score (nSPS) is 32.4. The average molecular weight is 424 g/mol. The fourth-order valence-electron chi connectivity index (χ4n) is 5.63. The van der Waals surface area contributed by atoms with Crippen molar-refractivity contribution >= 4 is 16.0 Å². The Balaban J connectivity index is 1.34. The van der Waals surface area contributed by atoms with E-state index in [2.05, 4.69) is 20.8 Å². The first-order chi connectivity index (χ1) is 13.6. The molecule has 7 heteroatoms. The molecule has 3 aliphatic carbocycles. The van der Waals surface area contributed by atoms with Crippen LogP contribution in [0.15, 0.2) is 29.2 Å². The number of esters is 1. The number of hydrogen-bond donors (Lipinski definition) is 0. The van der Waals surface area contributed by atoms with Crippen molar-refractivity contribution in [3.63, 3.8) is 0 Å². The van der Waals surface area contributed by atoms with Crippen LogP contribution in [0.4, 0.5) is 4.39 Å². The summed E-state index contributed by atoms with van der Waals surface area (Å²) in [7, 11) is -3.89. The molecule has 1 saturated heterocycles. The molecule has 3 saturated carbocycles. The summed E-state index contributed by atoms with van der Waals surface area (Å²) in [6.45, 7) is 7.21. The fourth-order valence-corrected chi connectivity index (χ4v) is 7.16. The molecule has 29 heavy (non-hydrogen) atoms. The average Bonchev–Trinajstić information content (AvgIpc) is 2.69. The van der Waals surface area contributed by atoms with E-state index in [0.29, 0.717) is 36.0 Å².